The molecule has 118 valence electrons. The van der Waals surface area contributed by atoms with Gasteiger partial charge in [-0.2, -0.15) is 4.98 Å². The van der Waals surface area contributed by atoms with Crippen LogP contribution in [0.1, 0.15) is 19.7 Å². The second kappa shape index (κ2) is 5.89. The maximum absolute atomic E-state index is 13.3. The molecule has 0 amide bonds. The van der Waals surface area contributed by atoms with Gasteiger partial charge in [-0.15, -0.1) is 0 Å². The zero-order valence-electron chi connectivity index (χ0n) is 13.2. The number of pyridine rings is 1. The number of rotatable bonds is 4. The van der Waals surface area contributed by atoms with Crippen LogP contribution in [0.5, 0.6) is 0 Å². The van der Waals surface area contributed by atoms with E-state index < -0.39 is 5.54 Å². The average molecular weight is 312 g/mol. The molecule has 0 fully saturated rings. The molecule has 0 aliphatic rings. The number of nitrogens with one attached hydrogen (secondary N) is 1. The van der Waals surface area contributed by atoms with Gasteiger partial charge in [0.15, 0.2) is 0 Å². The van der Waals surface area contributed by atoms with Crippen LogP contribution in [0.4, 0.5) is 4.39 Å². The second-order valence-corrected chi connectivity index (χ2v) is 5.74. The molecule has 2 aromatic heterocycles. The molecule has 0 saturated carbocycles. The van der Waals surface area contributed by atoms with Crippen molar-refractivity contribution in [3.05, 3.63) is 54.3 Å². The summed E-state index contributed by atoms with van der Waals surface area (Å²) < 4.78 is 18.6. The van der Waals surface area contributed by atoms with Gasteiger partial charge in [-0.05, 0) is 44.7 Å². The van der Waals surface area contributed by atoms with Crippen molar-refractivity contribution < 1.29 is 8.91 Å². The van der Waals surface area contributed by atoms with Crippen molar-refractivity contribution >= 4 is 0 Å². The van der Waals surface area contributed by atoms with Crippen LogP contribution in [-0.4, -0.2) is 22.2 Å². The van der Waals surface area contributed by atoms with Crippen molar-refractivity contribution in [2.45, 2.75) is 19.4 Å². The maximum atomic E-state index is 13.3. The predicted molar refractivity (Wildman–Crippen MR) is 85.0 cm³/mol. The Labute approximate surface area is 133 Å². The number of nitrogens with zero attached hydrogens (tertiary/aromatic N) is 3. The minimum atomic E-state index is -0.410. The first-order chi connectivity index (χ1) is 11.0. The van der Waals surface area contributed by atoms with Gasteiger partial charge in [-0.3, -0.25) is 4.98 Å². The van der Waals surface area contributed by atoms with E-state index in [9.17, 15) is 4.39 Å². The van der Waals surface area contributed by atoms with E-state index >= 15 is 0 Å². The molecular formula is C17H17FN4O. The largest absolute Gasteiger partial charge is 0.337 e. The number of benzene rings is 1. The Kier molecular flexibility index (Phi) is 3.92. The Morgan fingerprint density at radius 3 is 2.61 bits per heavy atom. The number of hydrogen-bond donors (Lipinski definition) is 1. The fourth-order valence-corrected chi connectivity index (χ4v) is 2.05. The third-order valence-electron chi connectivity index (χ3n) is 3.74. The van der Waals surface area contributed by atoms with E-state index in [0.29, 0.717) is 17.4 Å². The molecule has 0 bridgehead atoms. The minimum Gasteiger partial charge on any atom is -0.337 e. The fourth-order valence-electron chi connectivity index (χ4n) is 2.05. The Bertz CT molecular complexity index is 811. The molecule has 1 aromatic carbocycles. The SMILES string of the molecule is CNC(C)(C)c1nc(-c2ccc(-c3cccc(F)c3)cn2)no1. The Morgan fingerprint density at radius 1 is 1.13 bits per heavy atom. The summed E-state index contributed by atoms with van der Waals surface area (Å²) in [5, 5.41) is 7.07. The van der Waals surface area contributed by atoms with Crippen molar-refractivity contribution in [3.8, 4) is 22.6 Å². The van der Waals surface area contributed by atoms with Gasteiger partial charge in [0.1, 0.15) is 11.5 Å². The summed E-state index contributed by atoms with van der Waals surface area (Å²) in [7, 11) is 1.83. The van der Waals surface area contributed by atoms with Gasteiger partial charge in [-0.25, -0.2) is 4.39 Å². The lowest BCUT2D eigenvalue weighted by Gasteiger charge is -2.17. The first kappa shape index (κ1) is 15.3. The first-order valence-corrected chi connectivity index (χ1v) is 7.25. The summed E-state index contributed by atoms with van der Waals surface area (Å²) in [4.78, 5) is 8.73. The normalized spacial score (nSPS) is 11.7. The molecule has 0 saturated heterocycles. The van der Waals surface area contributed by atoms with Crippen LogP contribution in [0.2, 0.25) is 0 Å². The summed E-state index contributed by atoms with van der Waals surface area (Å²) in [5.74, 6) is 0.642. The van der Waals surface area contributed by atoms with Crippen molar-refractivity contribution in [1.29, 1.82) is 0 Å². The smallest absolute Gasteiger partial charge is 0.246 e. The van der Waals surface area contributed by atoms with E-state index in [2.05, 4.69) is 20.4 Å². The van der Waals surface area contributed by atoms with E-state index in [1.54, 1.807) is 18.3 Å². The quantitative estimate of drug-likeness (QED) is 0.800. The predicted octanol–water partition coefficient (Wildman–Crippen LogP) is 3.39. The van der Waals surface area contributed by atoms with Crippen LogP contribution in [-0.2, 0) is 5.54 Å². The first-order valence-electron chi connectivity index (χ1n) is 7.25. The fraction of sp³-hybridized carbons (Fsp3) is 0.235. The van der Waals surface area contributed by atoms with Gasteiger partial charge in [-0.1, -0.05) is 23.4 Å². The summed E-state index contributed by atoms with van der Waals surface area (Å²) >= 11 is 0. The molecule has 5 nitrogen and oxygen atoms in total. The Morgan fingerprint density at radius 2 is 1.96 bits per heavy atom. The molecular weight excluding hydrogens is 295 g/mol. The van der Waals surface area contributed by atoms with Crippen LogP contribution in [0.25, 0.3) is 22.6 Å². The zero-order valence-corrected chi connectivity index (χ0v) is 13.2. The number of aromatic nitrogens is 3. The van der Waals surface area contributed by atoms with Crippen LogP contribution < -0.4 is 5.32 Å². The molecule has 3 rings (SSSR count). The number of halogens is 1. The highest BCUT2D eigenvalue weighted by molar-refractivity contribution is 5.64. The van der Waals surface area contributed by atoms with Gasteiger partial charge >= 0.3 is 0 Å². The van der Waals surface area contributed by atoms with Crippen LogP contribution >= 0.6 is 0 Å². The third-order valence-corrected chi connectivity index (χ3v) is 3.74. The van der Waals surface area contributed by atoms with Crippen molar-refractivity contribution in [1.82, 2.24) is 20.4 Å². The molecule has 0 spiro atoms. The lowest BCUT2D eigenvalue weighted by molar-refractivity contribution is 0.281. The third kappa shape index (κ3) is 3.12. The van der Waals surface area contributed by atoms with Gasteiger partial charge in [0.05, 0.1) is 5.54 Å². The Balaban J connectivity index is 1.88. The van der Waals surface area contributed by atoms with Crippen LogP contribution in [0, 0.1) is 5.82 Å². The lowest BCUT2D eigenvalue weighted by atomic mass is 10.1. The Hall–Kier alpha value is -2.60. The van der Waals surface area contributed by atoms with E-state index in [1.165, 1.54) is 12.1 Å². The summed E-state index contributed by atoms with van der Waals surface area (Å²) in [6.45, 7) is 3.90. The highest BCUT2D eigenvalue weighted by Gasteiger charge is 2.25. The summed E-state index contributed by atoms with van der Waals surface area (Å²) in [6, 6.07) is 10.0. The van der Waals surface area contributed by atoms with Gasteiger partial charge < -0.3 is 9.84 Å². The molecule has 0 atom stereocenters. The van der Waals surface area contributed by atoms with Crippen LogP contribution in [0.3, 0.4) is 0 Å². The van der Waals surface area contributed by atoms with Crippen LogP contribution in [0.15, 0.2) is 47.1 Å². The van der Waals surface area contributed by atoms with E-state index in [1.807, 2.05) is 33.0 Å². The molecule has 6 heteroatoms. The topological polar surface area (TPSA) is 63.8 Å². The second-order valence-electron chi connectivity index (χ2n) is 5.74. The molecule has 0 aliphatic heterocycles. The van der Waals surface area contributed by atoms with Gasteiger partial charge in [0.25, 0.3) is 0 Å². The van der Waals surface area contributed by atoms with E-state index in [4.69, 9.17) is 4.52 Å². The van der Waals surface area contributed by atoms with E-state index in [-0.39, 0.29) is 5.82 Å². The zero-order chi connectivity index (χ0) is 16.4. The molecule has 0 radical (unpaired) electrons. The monoisotopic (exact) mass is 312 g/mol. The highest BCUT2D eigenvalue weighted by atomic mass is 19.1. The van der Waals surface area contributed by atoms with Gasteiger partial charge in [0.2, 0.25) is 11.7 Å². The standard InChI is InChI=1S/C17H17FN4O/c1-17(2,19-3)16-21-15(22-23-16)14-8-7-12(10-20-14)11-5-4-6-13(18)9-11/h4-10,19H,1-3H3. The summed E-state index contributed by atoms with van der Waals surface area (Å²) in [5.41, 5.74) is 1.79. The molecule has 2 heterocycles. The maximum Gasteiger partial charge on any atom is 0.246 e. The van der Waals surface area contributed by atoms with E-state index in [0.717, 1.165) is 11.1 Å². The lowest BCUT2D eigenvalue weighted by Crippen LogP contribution is -2.33. The minimum absolute atomic E-state index is 0.274. The molecule has 0 unspecified atom stereocenters. The summed E-state index contributed by atoms with van der Waals surface area (Å²) in [6.07, 6.45) is 1.67. The van der Waals surface area contributed by atoms with Crippen molar-refractivity contribution in [2.24, 2.45) is 0 Å². The molecule has 0 aliphatic carbocycles. The van der Waals surface area contributed by atoms with Crippen molar-refractivity contribution in [3.63, 3.8) is 0 Å². The molecule has 23 heavy (non-hydrogen) atoms. The average Bonchev–Trinajstić information content (AvgIpc) is 3.06. The van der Waals surface area contributed by atoms with Crippen molar-refractivity contribution in [2.75, 3.05) is 7.05 Å². The molecule has 3 aromatic rings. The number of hydrogen-bond acceptors (Lipinski definition) is 5. The molecule has 1 N–H and O–H groups in total. The highest BCUT2D eigenvalue weighted by Crippen LogP contribution is 2.24. The van der Waals surface area contributed by atoms with Gasteiger partial charge in [0, 0.05) is 11.8 Å².